The number of guanidine groups is 1. The number of benzene rings is 1. The van der Waals surface area contributed by atoms with Crippen molar-refractivity contribution in [2.75, 3.05) is 37.7 Å². The number of aliphatic imine (C=N–C) groups is 1. The SMILES string of the molecule is CCOC(=O)C1C(=O)NC(N2CCN(c3ccccn3)CC2)=NC1c1ccc(Cl)cc1. The van der Waals surface area contributed by atoms with E-state index in [0.29, 0.717) is 24.1 Å². The Bertz CT molecular complexity index is 959. The Morgan fingerprint density at radius 1 is 1.13 bits per heavy atom. The van der Waals surface area contributed by atoms with E-state index in [0.717, 1.165) is 24.5 Å². The van der Waals surface area contributed by atoms with Gasteiger partial charge in [-0.05, 0) is 36.8 Å². The van der Waals surface area contributed by atoms with Gasteiger partial charge in [0, 0.05) is 37.4 Å². The van der Waals surface area contributed by atoms with Crippen LogP contribution in [0.25, 0.3) is 0 Å². The molecule has 1 amide bonds. The van der Waals surface area contributed by atoms with Gasteiger partial charge in [0.2, 0.25) is 11.9 Å². The van der Waals surface area contributed by atoms with E-state index < -0.39 is 23.8 Å². The second kappa shape index (κ2) is 9.34. The van der Waals surface area contributed by atoms with Crippen LogP contribution in [0.1, 0.15) is 18.5 Å². The lowest BCUT2D eigenvalue weighted by molar-refractivity contribution is -0.153. The lowest BCUT2D eigenvalue weighted by Crippen LogP contribution is -2.57. The summed E-state index contributed by atoms with van der Waals surface area (Å²) in [6.45, 7) is 4.76. The van der Waals surface area contributed by atoms with Crippen LogP contribution in [0.5, 0.6) is 0 Å². The van der Waals surface area contributed by atoms with Gasteiger partial charge >= 0.3 is 5.97 Å². The molecular weight excluding hydrogens is 418 g/mol. The number of carbonyl (C=O) groups excluding carboxylic acids is 2. The Morgan fingerprint density at radius 2 is 1.84 bits per heavy atom. The van der Waals surface area contributed by atoms with Crippen LogP contribution in [0.15, 0.2) is 53.7 Å². The van der Waals surface area contributed by atoms with Crippen LogP contribution in [0, 0.1) is 5.92 Å². The van der Waals surface area contributed by atoms with Crippen LogP contribution in [-0.4, -0.2) is 60.5 Å². The monoisotopic (exact) mass is 441 g/mol. The van der Waals surface area contributed by atoms with Crippen LogP contribution < -0.4 is 10.2 Å². The van der Waals surface area contributed by atoms with Crippen LogP contribution >= 0.6 is 11.6 Å². The molecule has 2 unspecified atom stereocenters. The van der Waals surface area contributed by atoms with E-state index in [4.69, 9.17) is 21.3 Å². The summed E-state index contributed by atoms with van der Waals surface area (Å²) >= 11 is 6.02. The first-order valence-corrected chi connectivity index (χ1v) is 10.7. The van der Waals surface area contributed by atoms with Gasteiger partial charge in [0.15, 0.2) is 5.92 Å². The number of nitrogens with one attached hydrogen (secondary N) is 1. The summed E-state index contributed by atoms with van der Waals surface area (Å²) in [4.78, 5) is 38.9. The first kappa shape index (κ1) is 21.1. The number of rotatable bonds is 4. The maximum atomic E-state index is 12.9. The normalized spacial score (nSPS) is 21.4. The standard InChI is InChI=1S/C22H24ClN5O3/c1-2-31-21(30)18-19(15-6-8-16(23)9-7-15)25-22(26-20(18)29)28-13-11-27(12-14-28)17-5-3-4-10-24-17/h3-10,18-19H,2,11-14H2,1H3,(H,25,26,29). The number of nitrogens with zero attached hydrogens (tertiary/aromatic N) is 4. The van der Waals surface area contributed by atoms with Crippen LogP contribution in [-0.2, 0) is 14.3 Å². The Hall–Kier alpha value is -3.13. The molecule has 2 aliphatic heterocycles. The second-order valence-electron chi connectivity index (χ2n) is 7.33. The molecule has 0 radical (unpaired) electrons. The van der Waals surface area contributed by atoms with E-state index in [2.05, 4.69) is 15.2 Å². The predicted octanol–water partition coefficient (Wildman–Crippen LogP) is 2.26. The van der Waals surface area contributed by atoms with E-state index >= 15 is 0 Å². The van der Waals surface area contributed by atoms with Gasteiger partial charge in [0.1, 0.15) is 11.9 Å². The largest absolute Gasteiger partial charge is 0.465 e. The molecule has 0 saturated carbocycles. The third-order valence-corrected chi connectivity index (χ3v) is 5.65. The van der Waals surface area contributed by atoms with Crippen LogP contribution in [0.2, 0.25) is 5.02 Å². The molecule has 1 aromatic carbocycles. The second-order valence-corrected chi connectivity index (χ2v) is 7.77. The molecule has 1 N–H and O–H groups in total. The van der Waals surface area contributed by atoms with Gasteiger partial charge in [-0.3, -0.25) is 14.9 Å². The highest BCUT2D eigenvalue weighted by molar-refractivity contribution is 6.30. The Balaban J connectivity index is 1.56. The minimum Gasteiger partial charge on any atom is -0.465 e. The molecule has 1 aromatic heterocycles. The van der Waals surface area contributed by atoms with Crippen molar-refractivity contribution in [3.8, 4) is 0 Å². The molecule has 0 aliphatic carbocycles. The summed E-state index contributed by atoms with van der Waals surface area (Å²) in [7, 11) is 0. The van der Waals surface area contributed by atoms with E-state index in [9.17, 15) is 9.59 Å². The summed E-state index contributed by atoms with van der Waals surface area (Å²) in [6, 6.07) is 12.2. The molecular formula is C22H24ClN5O3. The van der Waals surface area contributed by atoms with Gasteiger partial charge in [-0.15, -0.1) is 0 Å². The van der Waals surface area contributed by atoms with Crippen molar-refractivity contribution >= 4 is 35.3 Å². The molecule has 1 fully saturated rings. The fourth-order valence-corrected chi connectivity index (χ4v) is 3.94. The number of carbonyl (C=O) groups is 2. The summed E-state index contributed by atoms with van der Waals surface area (Å²) in [5, 5.41) is 3.39. The zero-order valence-electron chi connectivity index (χ0n) is 17.2. The van der Waals surface area contributed by atoms with E-state index in [1.165, 1.54) is 0 Å². The van der Waals surface area contributed by atoms with Gasteiger partial charge < -0.3 is 14.5 Å². The third-order valence-electron chi connectivity index (χ3n) is 5.40. The summed E-state index contributed by atoms with van der Waals surface area (Å²) in [5.41, 5.74) is 0.738. The van der Waals surface area contributed by atoms with E-state index in [1.54, 1.807) is 37.4 Å². The maximum Gasteiger partial charge on any atom is 0.321 e. The van der Waals surface area contributed by atoms with Crippen molar-refractivity contribution in [1.29, 1.82) is 0 Å². The molecule has 1 saturated heterocycles. The minimum absolute atomic E-state index is 0.196. The van der Waals surface area contributed by atoms with Crippen LogP contribution in [0.4, 0.5) is 5.82 Å². The molecule has 3 heterocycles. The summed E-state index contributed by atoms with van der Waals surface area (Å²) in [5.74, 6) is -0.623. The quantitative estimate of drug-likeness (QED) is 0.578. The molecule has 2 atom stereocenters. The zero-order chi connectivity index (χ0) is 21.8. The number of halogens is 1. The number of piperazine rings is 1. The van der Waals surface area contributed by atoms with Crippen molar-refractivity contribution < 1.29 is 14.3 Å². The fourth-order valence-electron chi connectivity index (χ4n) is 3.81. The number of pyridine rings is 1. The number of ether oxygens (including phenoxy) is 1. The van der Waals surface area contributed by atoms with Gasteiger partial charge in [-0.25, -0.2) is 9.98 Å². The lowest BCUT2D eigenvalue weighted by Gasteiger charge is -2.39. The number of hydrogen-bond donors (Lipinski definition) is 1. The van der Waals surface area contributed by atoms with Crippen LogP contribution in [0.3, 0.4) is 0 Å². The lowest BCUT2D eigenvalue weighted by atomic mass is 9.91. The zero-order valence-corrected chi connectivity index (χ0v) is 18.0. The summed E-state index contributed by atoms with van der Waals surface area (Å²) in [6.07, 6.45) is 1.78. The average Bonchev–Trinajstić information content (AvgIpc) is 2.80. The van der Waals surface area contributed by atoms with Gasteiger partial charge in [-0.2, -0.15) is 0 Å². The summed E-state index contributed by atoms with van der Waals surface area (Å²) < 4.78 is 5.15. The fraction of sp³-hybridized carbons (Fsp3) is 0.364. The van der Waals surface area contributed by atoms with Crippen molar-refractivity contribution in [2.24, 2.45) is 10.9 Å². The number of aromatic nitrogens is 1. The van der Waals surface area contributed by atoms with Gasteiger partial charge in [0.05, 0.1) is 6.61 Å². The predicted molar refractivity (Wildman–Crippen MR) is 118 cm³/mol. The molecule has 4 rings (SSSR count). The maximum absolute atomic E-state index is 12.9. The molecule has 2 aromatic rings. The molecule has 0 bridgehead atoms. The van der Waals surface area contributed by atoms with Crippen molar-refractivity contribution in [2.45, 2.75) is 13.0 Å². The molecule has 8 nitrogen and oxygen atoms in total. The van der Waals surface area contributed by atoms with Crippen molar-refractivity contribution in [1.82, 2.24) is 15.2 Å². The number of hydrogen-bond acceptors (Lipinski definition) is 7. The van der Waals surface area contributed by atoms with Gasteiger partial charge in [-0.1, -0.05) is 29.8 Å². The molecule has 162 valence electrons. The molecule has 2 aliphatic rings. The topological polar surface area (TPSA) is 87.1 Å². The number of amides is 1. The number of esters is 1. The molecule has 9 heteroatoms. The molecule has 31 heavy (non-hydrogen) atoms. The van der Waals surface area contributed by atoms with Crippen molar-refractivity contribution in [3.05, 3.63) is 59.2 Å². The van der Waals surface area contributed by atoms with E-state index in [-0.39, 0.29) is 6.61 Å². The first-order valence-electron chi connectivity index (χ1n) is 10.3. The number of anilines is 1. The first-order chi connectivity index (χ1) is 15.1. The van der Waals surface area contributed by atoms with Crippen molar-refractivity contribution in [3.63, 3.8) is 0 Å². The highest BCUT2D eigenvalue weighted by Crippen LogP contribution is 2.31. The Labute approximate surface area is 185 Å². The Morgan fingerprint density at radius 3 is 2.48 bits per heavy atom. The average molecular weight is 442 g/mol. The Kier molecular flexibility index (Phi) is 6.36. The molecule has 0 spiro atoms. The van der Waals surface area contributed by atoms with Gasteiger partial charge in [0.25, 0.3) is 0 Å². The minimum atomic E-state index is -1.04. The van der Waals surface area contributed by atoms with E-state index in [1.807, 2.05) is 23.1 Å². The highest BCUT2D eigenvalue weighted by atomic mass is 35.5. The third kappa shape index (κ3) is 4.64. The smallest absolute Gasteiger partial charge is 0.321 e. The highest BCUT2D eigenvalue weighted by Gasteiger charge is 2.42.